The molecule has 1 aliphatic carbocycles. The summed E-state index contributed by atoms with van der Waals surface area (Å²) >= 11 is 4.61. The molecule has 0 radical (unpaired) electrons. The molecule has 1 unspecified atom stereocenters. The Balaban J connectivity index is 2.37. The summed E-state index contributed by atoms with van der Waals surface area (Å²) in [6, 6.07) is 6.45. The van der Waals surface area contributed by atoms with Gasteiger partial charge in [-0.2, -0.15) is 0 Å². The molecule has 0 spiro atoms. The average Bonchev–Trinajstić information content (AvgIpc) is 2.22. The van der Waals surface area contributed by atoms with Gasteiger partial charge in [-0.05, 0) is 48.8 Å². The van der Waals surface area contributed by atoms with Crippen molar-refractivity contribution >= 4 is 18.2 Å². The number of thiol groups is 1. The second kappa shape index (κ2) is 4.44. The van der Waals surface area contributed by atoms with Crippen LogP contribution in [0.2, 0.25) is 0 Å². The van der Waals surface area contributed by atoms with Crippen LogP contribution < -0.4 is 0 Å². The van der Waals surface area contributed by atoms with Crippen LogP contribution in [0.5, 0.6) is 0 Å². The van der Waals surface area contributed by atoms with Gasteiger partial charge < -0.3 is 0 Å². The van der Waals surface area contributed by atoms with Gasteiger partial charge >= 0.3 is 0 Å². The molecular formula is C14H18S. The third kappa shape index (κ3) is 2.28. The quantitative estimate of drug-likeness (QED) is 0.660. The van der Waals surface area contributed by atoms with Gasteiger partial charge in [0.05, 0.1) is 0 Å². The molecule has 1 aromatic carbocycles. The molecule has 1 aromatic rings. The molecule has 0 saturated heterocycles. The SMILES string of the molecule is Cc1cccc(C2=CCCC(C)C2)c1S. The van der Waals surface area contributed by atoms with Crippen LogP contribution in [-0.2, 0) is 0 Å². The molecule has 0 saturated carbocycles. The van der Waals surface area contributed by atoms with E-state index in [2.05, 4.69) is 50.8 Å². The first-order valence-electron chi connectivity index (χ1n) is 5.66. The van der Waals surface area contributed by atoms with Crippen LogP contribution >= 0.6 is 12.6 Å². The summed E-state index contributed by atoms with van der Waals surface area (Å²) in [5.41, 5.74) is 4.10. The van der Waals surface area contributed by atoms with Crippen molar-refractivity contribution in [2.45, 2.75) is 38.0 Å². The highest BCUT2D eigenvalue weighted by molar-refractivity contribution is 7.80. The van der Waals surface area contributed by atoms with Crippen molar-refractivity contribution in [3.05, 3.63) is 35.4 Å². The fourth-order valence-corrected chi connectivity index (χ4v) is 2.53. The fourth-order valence-electron chi connectivity index (χ4n) is 2.24. The van der Waals surface area contributed by atoms with E-state index in [4.69, 9.17) is 0 Å². The highest BCUT2D eigenvalue weighted by atomic mass is 32.1. The number of aryl methyl sites for hydroxylation is 1. The van der Waals surface area contributed by atoms with Gasteiger partial charge in [0.1, 0.15) is 0 Å². The topological polar surface area (TPSA) is 0 Å². The number of hydrogen-bond donors (Lipinski definition) is 1. The molecule has 0 nitrogen and oxygen atoms in total. The van der Waals surface area contributed by atoms with Crippen LogP contribution in [-0.4, -0.2) is 0 Å². The van der Waals surface area contributed by atoms with Crippen molar-refractivity contribution in [1.29, 1.82) is 0 Å². The molecular weight excluding hydrogens is 200 g/mol. The lowest BCUT2D eigenvalue weighted by Crippen LogP contribution is -2.02. The van der Waals surface area contributed by atoms with Gasteiger partial charge in [0, 0.05) is 4.90 Å². The summed E-state index contributed by atoms with van der Waals surface area (Å²) in [4.78, 5) is 1.15. The Bertz CT molecular complexity index is 390. The number of allylic oxidation sites excluding steroid dienone is 2. The second-order valence-corrected chi connectivity index (χ2v) is 5.03. The maximum Gasteiger partial charge on any atom is 0.0145 e. The Hall–Kier alpha value is -0.690. The van der Waals surface area contributed by atoms with Gasteiger partial charge in [-0.25, -0.2) is 0 Å². The molecule has 1 atom stereocenters. The molecule has 2 rings (SSSR count). The maximum atomic E-state index is 4.61. The van der Waals surface area contributed by atoms with Crippen molar-refractivity contribution in [1.82, 2.24) is 0 Å². The van der Waals surface area contributed by atoms with E-state index in [1.165, 1.54) is 36.0 Å². The van der Waals surface area contributed by atoms with E-state index >= 15 is 0 Å². The zero-order valence-electron chi connectivity index (χ0n) is 9.46. The number of rotatable bonds is 1. The van der Waals surface area contributed by atoms with Gasteiger partial charge in [0.25, 0.3) is 0 Å². The summed E-state index contributed by atoms with van der Waals surface area (Å²) in [5.74, 6) is 0.818. The number of hydrogen-bond acceptors (Lipinski definition) is 1. The fraction of sp³-hybridized carbons (Fsp3) is 0.429. The van der Waals surface area contributed by atoms with Gasteiger partial charge in [0.15, 0.2) is 0 Å². The van der Waals surface area contributed by atoms with Crippen molar-refractivity contribution in [3.63, 3.8) is 0 Å². The van der Waals surface area contributed by atoms with Crippen LogP contribution in [0.1, 0.15) is 37.3 Å². The van der Waals surface area contributed by atoms with E-state index in [1.54, 1.807) is 0 Å². The first-order chi connectivity index (χ1) is 7.18. The van der Waals surface area contributed by atoms with Gasteiger partial charge in [-0.15, -0.1) is 12.6 Å². The molecule has 0 bridgehead atoms. The van der Waals surface area contributed by atoms with Crippen LogP contribution in [0.15, 0.2) is 29.2 Å². The molecule has 0 aromatic heterocycles. The summed E-state index contributed by atoms with van der Waals surface area (Å²) in [7, 11) is 0. The van der Waals surface area contributed by atoms with Crippen molar-refractivity contribution in [3.8, 4) is 0 Å². The average molecular weight is 218 g/mol. The third-order valence-electron chi connectivity index (χ3n) is 3.20. The lowest BCUT2D eigenvalue weighted by Gasteiger charge is -2.20. The molecule has 15 heavy (non-hydrogen) atoms. The molecule has 80 valence electrons. The first-order valence-corrected chi connectivity index (χ1v) is 6.11. The standard InChI is InChI=1S/C14H18S/c1-10-5-3-7-12(9-10)13-8-4-6-11(2)14(13)15/h4,6-8,10,15H,3,5,9H2,1-2H3. The van der Waals surface area contributed by atoms with Crippen LogP contribution in [0, 0.1) is 12.8 Å². The largest absolute Gasteiger partial charge is 0.143 e. The van der Waals surface area contributed by atoms with E-state index in [9.17, 15) is 0 Å². The highest BCUT2D eigenvalue weighted by Crippen LogP contribution is 2.34. The molecule has 1 heteroatoms. The normalized spacial score (nSPS) is 21.3. The summed E-state index contributed by atoms with van der Waals surface area (Å²) in [6.45, 7) is 4.46. The van der Waals surface area contributed by atoms with E-state index in [-0.39, 0.29) is 0 Å². The van der Waals surface area contributed by atoms with Gasteiger partial charge in [0.2, 0.25) is 0 Å². The monoisotopic (exact) mass is 218 g/mol. The van der Waals surface area contributed by atoms with Crippen molar-refractivity contribution in [2.75, 3.05) is 0 Å². The smallest absolute Gasteiger partial charge is 0.0145 e. The maximum absolute atomic E-state index is 4.61. The Morgan fingerprint density at radius 3 is 2.87 bits per heavy atom. The Morgan fingerprint density at radius 2 is 2.13 bits per heavy atom. The molecule has 0 amide bonds. The van der Waals surface area contributed by atoms with E-state index < -0.39 is 0 Å². The molecule has 0 aliphatic heterocycles. The third-order valence-corrected chi connectivity index (χ3v) is 3.80. The predicted octanol–water partition coefficient (Wildman–Crippen LogP) is 4.49. The first kappa shape index (κ1) is 10.8. The van der Waals surface area contributed by atoms with Gasteiger partial charge in [-0.1, -0.05) is 31.2 Å². The minimum atomic E-state index is 0.818. The second-order valence-electron chi connectivity index (χ2n) is 4.59. The van der Waals surface area contributed by atoms with E-state index in [1.807, 2.05) is 0 Å². The van der Waals surface area contributed by atoms with E-state index in [0.29, 0.717) is 0 Å². The summed E-state index contributed by atoms with van der Waals surface area (Å²) in [5, 5.41) is 0. The van der Waals surface area contributed by atoms with Crippen molar-refractivity contribution < 1.29 is 0 Å². The molecule has 1 aliphatic rings. The summed E-state index contributed by atoms with van der Waals surface area (Å²) in [6.07, 6.45) is 6.14. The zero-order valence-corrected chi connectivity index (χ0v) is 10.3. The van der Waals surface area contributed by atoms with Crippen LogP contribution in [0.25, 0.3) is 5.57 Å². The zero-order chi connectivity index (χ0) is 10.8. The Morgan fingerprint density at radius 1 is 1.33 bits per heavy atom. The molecule has 0 heterocycles. The highest BCUT2D eigenvalue weighted by Gasteiger charge is 2.14. The Labute approximate surface area is 97.8 Å². The summed E-state index contributed by atoms with van der Waals surface area (Å²) < 4.78 is 0. The minimum Gasteiger partial charge on any atom is -0.143 e. The molecule has 0 fully saturated rings. The van der Waals surface area contributed by atoms with Crippen LogP contribution in [0.4, 0.5) is 0 Å². The van der Waals surface area contributed by atoms with Crippen molar-refractivity contribution in [2.24, 2.45) is 5.92 Å². The Kier molecular flexibility index (Phi) is 3.20. The van der Waals surface area contributed by atoms with Gasteiger partial charge in [-0.3, -0.25) is 0 Å². The van der Waals surface area contributed by atoms with E-state index in [0.717, 1.165) is 10.8 Å². The lowest BCUT2D eigenvalue weighted by molar-refractivity contribution is 0.536. The minimum absolute atomic E-state index is 0.818. The number of benzene rings is 1. The van der Waals surface area contributed by atoms with Crippen LogP contribution in [0.3, 0.4) is 0 Å². The lowest BCUT2D eigenvalue weighted by atomic mass is 9.86. The molecule has 0 N–H and O–H groups in total. The predicted molar refractivity (Wildman–Crippen MR) is 69.4 cm³/mol.